The Kier molecular flexibility index (Phi) is 4.55. The van der Waals surface area contributed by atoms with Crippen LogP contribution in [0.1, 0.15) is 19.4 Å². The number of hydrogen-bond acceptors (Lipinski definition) is 4. The quantitative estimate of drug-likeness (QED) is 0.720. The second kappa shape index (κ2) is 6.75. The van der Waals surface area contributed by atoms with Gasteiger partial charge in [0.1, 0.15) is 0 Å². The van der Waals surface area contributed by atoms with Gasteiger partial charge in [-0.25, -0.2) is 0 Å². The Labute approximate surface area is 165 Å². The Morgan fingerprint density at radius 2 is 1.89 bits per heavy atom. The molecule has 0 aliphatic carbocycles. The van der Waals surface area contributed by atoms with Crippen molar-refractivity contribution in [3.8, 4) is 0 Å². The molecule has 0 bridgehead atoms. The first-order valence-electron chi connectivity index (χ1n) is 9.35. The number of rotatable bonds is 3. The van der Waals surface area contributed by atoms with Gasteiger partial charge in [0.15, 0.2) is 0 Å². The monoisotopic (exact) mass is 384 g/mol. The molecule has 2 heterocycles. The maximum Gasteiger partial charge on any atom is 0.312 e. The molecule has 2 aliphatic rings. The van der Waals surface area contributed by atoms with Crippen LogP contribution in [-0.2, 0) is 16.0 Å². The normalized spacial score (nSPS) is 18.7. The molecular formula is C22H25ClN2O2. The molecule has 2 aliphatic heterocycles. The average molecular weight is 385 g/mol. The number of hydrogen-bond donors (Lipinski definition) is 0. The zero-order valence-electron chi connectivity index (χ0n) is 16.0. The summed E-state index contributed by atoms with van der Waals surface area (Å²) in [5, 5.41) is 0.787. The Hall–Kier alpha value is -2.20. The van der Waals surface area contributed by atoms with Crippen molar-refractivity contribution in [2.45, 2.75) is 20.3 Å². The summed E-state index contributed by atoms with van der Waals surface area (Å²) in [4.78, 5) is 16.3. The number of carbonyl (C=O) groups excluding carboxylic acids is 1. The van der Waals surface area contributed by atoms with Gasteiger partial charge in [0, 0.05) is 41.7 Å². The molecule has 0 radical (unpaired) electrons. The molecule has 0 spiro atoms. The van der Waals surface area contributed by atoms with E-state index in [9.17, 15) is 4.79 Å². The van der Waals surface area contributed by atoms with E-state index in [-0.39, 0.29) is 17.3 Å². The Balaban J connectivity index is 1.62. The lowest BCUT2D eigenvalue weighted by Crippen LogP contribution is -2.50. The van der Waals surface area contributed by atoms with Crippen LogP contribution >= 0.6 is 11.6 Å². The van der Waals surface area contributed by atoms with Gasteiger partial charge in [0.05, 0.1) is 13.0 Å². The van der Waals surface area contributed by atoms with Gasteiger partial charge in [0.2, 0.25) is 0 Å². The highest BCUT2D eigenvalue weighted by atomic mass is 35.5. The Bertz CT molecular complexity index is 874. The van der Waals surface area contributed by atoms with Gasteiger partial charge in [-0.15, -0.1) is 0 Å². The van der Waals surface area contributed by atoms with Crippen LogP contribution in [-0.4, -0.2) is 32.7 Å². The van der Waals surface area contributed by atoms with Crippen molar-refractivity contribution in [1.82, 2.24) is 0 Å². The van der Waals surface area contributed by atoms with E-state index in [0.29, 0.717) is 13.1 Å². The van der Waals surface area contributed by atoms with E-state index in [2.05, 4.69) is 60.0 Å². The number of ether oxygens (including phenoxy) is 1. The maximum atomic E-state index is 11.7. The van der Waals surface area contributed by atoms with Crippen LogP contribution in [0.2, 0.25) is 5.02 Å². The molecule has 2 aromatic carbocycles. The number of nitrogens with zero attached hydrogens (tertiary/aromatic N) is 2. The van der Waals surface area contributed by atoms with Crippen molar-refractivity contribution in [2.24, 2.45) is 11.3 Å². The SMILES string of the molecule is COC(=O)C1CN(c2cccc(N3CC(C)(C)Cc4cc(Cl)ccc43)c2)C1. The van der Waals surface area contributed by atoms with E-state index in [4.69, 9.17) is 16.3 Å². The third kappa shape index (κ3) is 3.51. The minimum absolute atomic E-state index is 0.0181. The van der Waals surface area contributed by atoms with E-state index in [0.717, 1.165) is 23.7 Å². The summed E-state index contributed by atoms with van der Waals surface area (Å²) in [6.07, 6.45) is 1.02. The fraction of sp³-hybridized carbons (Fsp3) is 0.409. The topological polar surface area (TPSA) is 32.8 Å². The highest BCUT2D eigenvalue weighted by molar-refractivity contribution is 6.30. The molecule has 0 amide bonds. The van der Waals surface area contributed by atoms with E-state index < -0.39 is 0 Å². The van der Waals surface area contributed by atoms with Crippen LogP contribution in [0.5, 0.6) is 0 Å². The first kappa shape index (κ1) is 18.2. The molecular weight excluding hydrogens is 360 g/mol. The van der Waals surface area contributed by atoms with Crippen molar-refractivity contribution >= 4 is 34.6 Å². The lowest BCUT2D eigenvalue weighted by molar-refractivity contribution is -0.146. The Morgan fingerprint density at radius 1 is 1.15 bits per heavy atom. The van der Waals surface area contributed by atoms with Crippen LogP contribution in [0.3, 0.4) is 0 Å². The summed E-state index contributed by atoms with van der Waals surface area (Å²) in [5.74, 6) is -0.138. The molecule has 4 nitrogen and oxygen atoms in total. The van der Waals surface area contributed by atoms with Gasteiger partial charge < -0.3 is 14.5 Å². The van der Waals surface area contributed by atoms with Crippen molar-refractivity contribution in [3.05, 3.63) is 53.1 Å². The van der Waals surface area contributed by atoms with Gasteiger partial charge in [-0.1, -0.05) is 31.5 Å². The van der Waals surface area contributed by atoms with Crippen molar-refractivity contribution < 1.29 is 9.53 Å². The van der Waals surface area contributed by atoms with Crippen molar-refractivity contribution in [1.29, 1.82) is 0 Å². The lowest BCUT2D eigenvalue weighted by atomic mass is 9.81. The molecule has 2 aromatic rings. The number of fused-ring (bicyclic) bond motifs is 1. The summed E-state index contributed by atoms with van der Waals surface area (Å²) in [6, 6.07) is 14.7. The van der Waals surface area contributed by atoms with Gasteiger partial charge in [-0.3, -0.25) is 4.79 Å². The number of esters is 1. The summed E-state index contributed by atoms with van der Waals surface area (Å²) in [7, 11) is 1.45. The summed E-state index contributed by atoms with van der Waals surface area (Å²) < 4.78 is 4.84. The van der Waals surface area contributed by atoms with Gasteiger partial charge >= 0.3 is 5.97 Å². The predicted molar refractivity (Wildman–Crippen MR) is 110 cm³/mol. The van der Waals surface area contributed by atoms with E-state index in [1.807, 2.05) is 6.07 Å². The van der Waals surface area contributed by atoms with Crippen LogP contribution in [0.25, 0.3) is 0 Å². The fourth-order valence-electron chi connectivity index (χ4n) is 4.14. The zero-order chi connectivity index (χ0) is 19.2. The highest BCUT2D eigenvalue weighted by Gasteiger charge is 2.35. The summed E-state index contributed by atoms with van der Waals surface area (Å²) >= 11 is 6.24. The average Bonchev–Trinajstić information content (AvgIpc) is 2.58. The zero-order valence-corrected chi connectivity index (χ0v) is 16.8. The van der Waals surface area contributed by atoms with Crippen molar-refractivity contribution in [3.63, 3.8) is 0 Å². The molecule has 0 aromatic heterocycles. The maximum absolute atomic E-state index is 11.7. The number of benzene rings is 2. The van der Waals surface area contributed by atoms with Gasteiger partial charge in [-0.2, -0.15) is 0 Å². The molecule has 4 rings (SSSR count). The van der Waals surface area contributed by atoms with Gasteiger partial charge in [0.25, 0.3) is 0 Å². The van der Waals surface area contributed by atoms with Crippen LogP contribution < -0.4 is 9.80 Å². The minimum Gasteiger partial charge on any atom is -0.469 e. The molecule has 0 unspecified atom stereocenters. The first-order valence-corrected chi connectivity index (χ1v) is 9.73. The van der Waals surface area contributed by atoms with Crippen LogP contribution in [0.15, 0.2) is 42.5 Å². The third-order valence-electron chi connectivity index (χ3n) is 5.51. The Morgan fingerprint density at radius 3 is 2.63 bits per heavy atom. The lowest BCUT2D eigenvalue weighted by Gasteiger charge is -2.42. The predicted octanol–water partition coefficient (Wildman–Crippen LogP) is 4.67. The van der Waals surface area contributed by atoms with E-state index >= 15 is 0 Å². The van der Waals surface area contributed by atoms with Crippen LogP contribution in [0, 0.1) is 11.3 Å². The standard InChI is InChI=1S/C22H25ClN2O2/c1-22(2)11-15-9-17(23)7-8-20(15)25(14-22)19-6-4-5-18(10-19)24-12-16(13-24)21(26)27-3/h4-10,16H,11-14H2,1-3H3. The van der Waals surface area contributed by atoms with Crippen molar-refractivity contribution in [2.75, 3.05) is 36.5 Å². The third-order valence-corrected chi connectivity index (χ3v) is 5.75. The largest absolute Gasteiger partial charge is 0.469 e. The summed E-state index contributed by atoms with van der Waals surface area (Å²) in [5.41, 5.74) is 5.00. The van der Waals surface area contributed by atoms with Crippen LogP contribution in [0.4, 0.5) is 17.1 Å². The fourth-order valence-corrected chi connectivity index (χ4v) is 4.33. The molecule has 0 atom stereocenters. The molecule has 5 heteroatoms. The van der Waals surface area contributed by atoms with E-state index in [1.54, 1.807) is 0 Å². The number of halogens is 1. The number of methoxy groups -OCH3 is 1. The molecule has 0 N–H and O–H groups in total. The second-order valence-corrected chi connectivity index (χ2v) is 8.78. The second-order valence-electron chi connectivity index (χ2n) is 8.35. The summed E-state index contributed by atoms with van der Waals surface area (Å²) in [6.45, 7) is 6.98. The number of anilines is 3. The molecule has 0 saturated carbocycles. The molecule has 1 saturated heterocycles. The van der Waals surface area contributed by atoms with E-state index in [1.165, 1.54) is 24.0 Å². The van der Waals surface area contributed by atoms with Gasteiger partial charge in [-0.05, 0) is 53.8 Å². The smallest absolute Gasteiger partial charge is 0.312 e. The number of carbonyl (C=O) groups is 1. The molecule has 142 valence electrons. The first-order chi connectivity index (χ1) is 12.9. The molecule has 1 fully saturated rings. The molecule has 27 heavy (non-hydrogen) atoms. The highest BCUT2D eigenvalue weighted by Crippen LogP contribution is 2.42. The minimum atomic E-state index is -0.119.